The molecule has 0 radical (unpaired) electrons. The highest BCUT2D eigenvalue weighted by atomic mass is 32.1. The van der Waals surface area contributed by atoms with E-state index in [1.165, 1.54) is 11.3 Å². The minimum absolute atomic E-state index is 0.363. The van der Waals surface area contributed by atoms with Crippen molar-refractivity contribution in [2.75, 3.05) is 7.11 Å². The van der Waals surface area contributed by atoms with Crippen LogP contribution in [0, 0.1) is 0 Å². The maximum Gasteiger partial charge on any atom is 0.124 e. The fourth-order valence-corrected chi connectivity index (χ4v) is 1.78. The molecule has 1 unspecified atom stereocenters. The summed E-state index contributed by atoms with van der Waals surface area (Å²) in [7, 11) is 1.66. The van der Waals surface area contributed by atoms with E-state index in [0.29, 0.717) is 0 Å². The molecule has 1 aromatic heterocycles. The van der Waals surface area contributed by atoms with E-state index in [1.807, 2.05) is 13.8 Å². The third-order valence-electron chi connectivity index (χ3n) is 1.96. The number of aliphatic hydroxyl groups is 1. The summed E-state index contributed by atoms with van der Waals surface area (Å²) in [5, 5.41) is 10.2. The smallest absolute Gasteiger partial charge is 0.124 e. The van der Waals surface area contributed by atoms with Crippen molar-refractivity contribution in [2.24, 2.45) is 0 Å². The molecule has 0 aliphatic carbocycles. The average Bonchev–Trinajstić information content (AvgIpc) is 2.52. The molecule has 0 saturated heterocycles. The van der Waals surface area contributed by atoms with E-state index in [2.05, 4.69) is 4.98 Å². The molecule has 3 nitrogen and oxygen atoms in total. The quantitative estimate of drug-likeness (QED) is 0.814. The number of nitrogens with zero attached hydrogens (tertiary/aromatic N) is 1. The van der Waals surface area contributed by atoms with Gasteiger partial charge in [-0.1, -0.05) is 0 Å². The van der Waals surface area contributed by atoms with Crippen LogP contribution in [0.5, 0.6) is 0 Å². The topological polar surface area (TPSA) is 42.4 Å². The lowest BCUT2D eigenvalue weighted by Crippen LogP contribution is -2.18. The normalized spacial score (nSPS) is 14.5. The second-order valence-electron chi connectivity index (χ2n) is 3.46. The molecular formula is C9H15NO2S. The molecule has 0 amide bonds. The molecule has 1 rings (SSSR count). The number of aromatic nitrogens is 1. The third kappa shape index (κ3) is 2.27. The lowest BCUT2D eigenvalue weighted by atomic mass is 10.1. The standard InChI is InChI=1S/C9H15NO2S/c1-6(11)7-5-10-8(13-7)9(2,3)12-4/h5-6,11H,1-4H3. The first-order valence-corrected chi connectivity index (χ1v) is 4.98. The van der Waals surface area contributed by atoms with E-state index in [1.54, 1.807) is 20.2 Å². The summed E-state index contributed by atoms with van der Waals surface area (Å²) in [6.45, 7) is 5.65. The van der Waals surface area contributed by atoms with Gasteiger partial charge < -0.3 is 9.84 Å². The predicted octanol–water partition coefficient (Wildman–Crippen LogP) is 2.08. The number of methoxy groups -OCH3 is 1. The summed E-state index contributed by atoms with van der Waals surface area (Å²) >= 11 is 1.49. The van der Waals surface area contributed by atoms with Gasteiger partial charge in [-0.15, -0.1) is 11.3 Å². The number of thiazole rings is 1. The Kier molecular flexibility index (Phi) is 3.05. The van der Waals surface area contributed by atoms with Crippen LogP contribution >= 0.6 is 11.3 Å². The number of aliphatic hydroxyl groups excluding tert-OH is 1. The molecule has 0 bridgehead atoms. The molecule has 0 aliphatic rings. The molecule has 4 heteroatoms. The summed E-state index contributed by atoms with van der Waals surface area (Å²) in [5.41, 5.74) is -0.363. The van der Waals surface area contributed by atoms with Gasteiger partial charge in [0.15, 0.2) is 0 Å². The molecule has 0 saturated carbocycles. The highest BCUT2D eigenvalue weighted by molar-refractivity contribution is 7.11. The predicted molar refractivity (Wildman–Crippen MR) is 52.8 cm³/mol. The number of rotatable bonds is 3. The van der Waals surface area contributed by atoms with Crippen molar-refractivity contribution in [3.05, 3.63) is 16.1 Å². The Bertz CT molecular complexity index is 281. The second kappa shape index (κ2) is 3.74. The summed E-state index contributed by atoms with van der Waals surface area (Å²) in [6.07, 6.45) is 1.25. The first kappa shape index (κ1) is 10.6. The Hall–Kier alpha value is -0.450. The Morgan fingerprint density at radius 1 is 1.62 bits per heavy atom. The summed E-state index contributed by atoms with van der Waals surface area (Å²) in [6, 6.07) is 0. The average molecular weight is 201 g/mol. The van der Waals surface area contributed by atoms with Crippen molar-refractivity contribution in [1.82, 2.24) is 4.98 Å². The van der Waals surface area contributed by atoms with E-state index in [0.717, 1.165) is 9.88 Å². The van der Waals surface area contributed by atoms with Gasteiger partial charge in [0.25, 0.3) is 0 Å². The van der Waals surface area contributed by atoms with Crippen molar-refractivity contribution in [3.8, 4) is 0 Å². The maximum atomic E-state index is 9.31. The van der Waals surface area contributed by atoms with Crippen molar-refractivity contribution in [3.63, 3.8) is 0 Å². The van der Waals surface area contributed by atoms with Crippen LogP contribution in [0.1, 0.15) is 36.8 Å². The zero-order valence-corrected chi connectivity index (χ0v) is 9.18. The van der Waals surface area contributed by atoms with Crippen molar-refractivity contribution < 1.29 is 9.84 Å². The highest BCUT2D eigenvalue weighted by Crippen LogP contribution is 2.30. The van der Waals surface area contributed by atoms with Gasteiger partial charge in [0.05, 0.1) is 11.0 Å². The Morgan fingerprint density at radius 3 is 2.62 bits per heavy atom. The summed E-state index contributed by atoms with van der Waals surface area (Å²) in [5.74, 6) is 0. The van der Waals surface area contributed by atoms with Crippen molar-refractivity contribution >= 4 is 11.3 Å². The maximum absolute atomic E-state index is 9.31. The van der Waals surface area contributed by atoms with Gasteiger partial charge in [-0.05, 0) is 20.8 Å². The third-order valence-corrected chi connectivity index (χ3v) is 3.43. The zero-order valence-electron chi connectivity index (χ0n) is 8.37. The van der Waals surface area contributed by atoms with E-state index in [4.69, 9.17) is 4.74 Å². The van der Waals surface area contributed by atoms with E-state index in [9.17, 15) is 5.11 Å². The molecular weight excluding hydrogens is 186 g/mol. The van der Waals surface area contributed by atoms with Crippen LogP contribution in [0.4, 0.5) is 0 Å². The van der Waals surface area contributed by atoms with Crippen LogP contribution in [0.25, 0.3) is 0 Å². The molecule has 1 N–H and O–H groups in total. The fraction of sp³-hybridized carbons (Fsp3) is 0.667. The number of ether oxygens (including phenoxy) is 1. The lowest BCUT2D eigenvalue weighted by Gasteiger charge is -2.19. The second-order valence-corrected chi connectivity index (χ2v) is 4.52. The minimum atomic E-state index is -0.445. The van der Waals surface area contributed by atoms with Crippen LogP contribution in [-0.4, -0.2) is 17.2 Å². The van der Waals surface area contributed by atoms with Gasteiger partial charge in [0.2, 0.25) is 0 Å². The van der Waals surface area contributed by atoms with E-state index >= 15 is 0 Å². The van der Waals surface area contributed by atoms with Crippen LogP contribution in [-0.2, 0) is 10.3 Å². The molecule has 74 valence electrons. The SMILES string of the molecule is COC(C)(C)c1ncc(C(C)O)s1. The van der Waals surface area contributed by atoms with Crippen LogP contribution < -0.4 is 0 Å². The Morgan fingerprint density at radius 2 is 2.23 bits per heavy atom. The largest absolute Gasteiger partial charge is 0.388 e. The van der Waals surface area contributed by atoms with Gasteiger partial charge in [-0.25, -0.2) is 4.98 Å². The molecule has 0 fully saturated rings. The van der Waals surface area contributed by atoms with Crippen molar-refractivity contribution in [2.45, 2.75) is 32.5 Å². The highest BCUT2D eigenvalue weighted by Gasteiger charge is 2.24. The van der Waals surface area contributed by atoms with Crippen LogP contribution in [0.3, 0.4) is 0 Å². The fourth-order valence-electron chi connectivity index (χ4n) is 0.845. The van der Waals surface area contributed by atoms with Gasteiger partial charge in [0.1, 0.15) is 10.6 Å². The minimum Gasteiger partial charge on any atom is -0.388 e. The first-order valence-electron chi connectivity index (χ1n) is 4.17. The Labute approximate surface area is 82.4 Å². The molecule has 0 aliphatic heterocycles. The summed E-state index contributed by atoms with van der Waals surface area (Å²) < 4.78 is 5.28. The number of hydrogen-bond acceptors (Lipinski definition) is 4. The molecule has 13 heavy (non-hydrogen) atoms. The monoisotopic (exact) mass is 201 g/mol. The number of hydrogen-bond donors (Lipinski definition) is 1. The van der Waals surface area contributed by atoms with Crippen molar-refractivity contribution in [1.29, 1.82) is 0 Å². The van der Waals surface area contributed by atoms with Gasteiger partial charge >= 0.3 is 0 Å². The molecule has 1 aromatic rings. The van der Waals surface area contributed by atoms with Gasteiger partial charge in [-0.3, -0.25) is 0 Å². The van der Waals surface area contributed by atoms with E-state index in [-0.39, 0.29) is 5.60 Å². The van der Waals surface area contributed by atoms with E-state index < -0.39 is 6.10 Å². The summed E-state index contributed by atoms with van der Waals surface area (Å²) in [4.78, 5) is 5.09. The van der Waals surface area contributed by atoms with Gasteiger partial charge in [0, 0.05) is 13.3 Å². The molecule has 1 atom stereocenters. The van der Waals surface area contributed by atoms with Crippen LogP contribution in [0.2, 0.25) is 0 Å². The zero-order chi connectivity index (χ0) is 10.1. The Balaban J connectivity index is 2.91. The first-order chi connectivity index (χ1) is 5.97. The van der Waals surface area contributed by atoms with Crippen LogP contribution in [0.15, 0.2) is 6.20 Å². The van der Waals surface area contributed by atoms with Gasteiger partial charge in [-0.2, -0.15) is 0 Å². The molecule has 0 aromatic carbocycles. The molecule has 0 spiro atoms. The molecule has 1 heterocycles. The lowest BCUT2D eigenvalue weighted by molar-refractivity contribution is 0.0190.